The van der Waals surface area contributed by atoms with Gasteiger partial charge in [-0.1, -0.05) is 42.8 Å². The second-order valence-electron chi connectivity index (χ2n) is 7.40. The molecule has 150 valence electrons. The van der Waals surface area contributed by atoms with Crippen molar-refractivity contribution in [3.05, 3.63) is 76.5 Å². The van der Waals surface area contributed by atoms with Crippen LogP contribution in [0.25, 0.3) is 11.3 Å². The second kappa shape index (κ2) is 8.91. The summed E-state index contributed by atoms with van der Waals surface area (Å²) in [6.07, 6.45) is 0.860. The molecule has 0 aliphatic rings. The Hall–Kier alpha value is -3.14. The zero-order valence-corrected chi connectivity index (χ0v) is 17.8. The fraction of sp³-hybridized carbons (Fsp3) is 0.280. The summed E-state index contributed by atoms with van der Waals surface area (Å²) >= 11 is 0. The summed E-state index contributed by atoms with van der Waals surface area (Å²) in [6.45, 7) is 10.6. The maximum atomic E-state index is 13.4. The van der Waals surface area contributed by atoms with Crippen LogP contribution in [0.3, 0.4) is 0 Å². The van der Waals surface area contributed by atoms with E-state index in [4.69, 9.17) is 9.72 Å². The number of amides is 1. The molecule has 0 fully saturated rings. The summed E-state index contributed by atoms with van der Waals surface area (Å²) in [5.41, 5.74) is 6.92. The molecule has 3 aromatic rings. The van der Waals surface area contributed by atoms with Crippen LogP contribution in [0.4, 0.5) is 5.69 Å². The third kappa shape index (κ3) is 4.65. The largest absolute Gasteiger partial charge is 0.493 e. The topological polar surface area (TPSA) is 51.2 Å². The van der Waals surface area contributed by atoms with E-state index in [0.29, 0.717) is 23.6 Å². The number of carbonyl (C=O) groups excluding carboxylic acids is 1. The van der Waals surface area contributed by atoms with Crippen molar-refractivity contribution in [3.63, 3.8) is 0 Å². The molecule has 1 amide bonds. The Morgan fingerprint density at radius 3 is 2.52 bits per heavy atom. The predicted molar refractivity (Wildman–Crippen MR) is 119 cm³/mol. The lowest BCUT2D eigenvalue weighted by Gasteiger charge is -2.17. The Bertz CT molecular complexity index is 1040. The summed E-state index contributed by atoms with van der Waals surface area (Å²) in [4.78, 5) is 18.1. The van der Waals surface area contributed by atoms with E-state index in [1.54, 1.807) is 0 Å². The van der Waals surface area contributed by atoms with Gasteiger partial charge < -0.3 is 10.1 Å². The lowest BCUT2D eigenvalue weighted by molar-refractivity contribution is 0.102. The molecule has 0 spiro atoms. The SMILES string of the molecule is CCCOc1cc(C)nc(-c2cccc(C)c2)c1C(=O)Nc1cccc(C)c1C. The number of aryl methyl sites for hydroxylation is 3. The Labute approximate surface area is 173 Å². The second-order valence-corrected chi connectivity index (χ2v) is 7.40. The number of pyridine rings is 1. The Morgan fingerprint density at radius 1 is 1.03 bits per heavy atom. The van der Waals surface area contributed by atoms with Crippen molar-refractivity contribution < 1.29 is 9.53 Å². The van der Waals surface area contributed by atoms with E-state index in [1.165, 1.54) is 0 Å². The number of rotatable bonds is 6. The van der Waals surface area contributed by atoms with E-state index >= 15 is 0 Å². The molecular formula is C25H28N2O2. The number of nitrogens with one attached hydrogen (secondary N) is 1. The van der Waals surface area contributed by atoms with Crippen LogP contribution in [0.2, 0.25) is 0 Å². The van der Waals surface area contributed by atoms with Crippen LogP contribution in [-0.4, -0.2) is 17.5 Å². The third-order valence-electron chi connectivity index (χ3n) is 4.94. The first-order valence-corrected chi connectivity index (χ1v) is 9.99. The Morgan fingerprint density at radius 2 is 1.79 bits per heavy atom. The highest BCUT2D eigenvalue weighted by atomic mass is 16.5. The van der Waals surface area contributed by atoms with Crippen molar-refractivity contribution in [3.8, 4) is 17.0 Å². The van der Waals surface area contributed by atoms with E-state index in [0.717, 1.165) is 40.1 Å². The summed E-state index contributed by atoms with van der Waals surface area (Å²) in [5, 5.41) is 3.07. The van der Waals surface area contributed by atoms with E-state index in [2.05, 4.69) is 5.32 Å². The van der Waals surface area contributed by atoms with E-state index in [-0.39, 0.29) is 5.91 Å². The minimum Gasteiger partial charge on any atom is -0.493 e. The minimum atomic E-state index is -0.214. The maximum Gasteiger partial charge on any atom is 0.261 e. The van der Waals surface area contributed by atoms with Gasteiger partial charge in [0, 0.05) is 23.0 Å². The molecule has 1 aromatic heterocycles. The minimum absolute atomic E-state index is 0.214. The first-order chi connectivity index (χ1) is 13.9. The van der Waals surface area contributed by atoms with Crippen LogP contribution < -0.4 is 10.1 Å². The lowest BCUT2D eigenvalue weighted by Crippen LogP contribution is -2.17. The van der Waals surface area contributed by atoms with Crippen LogP contribution in [0.1, 0.15) is 46.1 Å². The molecule has 0 aliphatic heterocycles. The highest BCUT2D eigenvalue weighted by Gasteiger charge is 2.22. The van der Waals surface area contributed by atoms with Crippen LogP contribution >= 0.6 is 0 Å². The van der Waals surface area contributed by atoms with Crippen molar-refractivity contribution in [2.75, 3.05) is 11.9 Å². The fourth-order valence-electron chi connectivity index (χ4n) is 3.26. The number of hydrogen-bond acceptors (Lipinski definition) is 3. The smallest absolute Gasteiger partial charge is 0.261 e. The first-order valence-electron chi connectivity index (χ1n) is 9.99. The molecule has 29 heavy (non-hydrogen) atoms. The van der Waals surface area contributed by atoms with Gasteiger partial charge in [0.05, 0.1) is 12.3 Å². The van der Waals surface area contributed by atoms with E-state index < -0.39 is 0 Å². The molecule has 1 heterocycles. The molecule has 0 aliphatic carbocycles. The number of hydrogen-bond donors (Lipinski definition) is 1. The quantitative estimate of drug-likeness (QED) is 0.561. The number of benzene rings is 2. The van der Waals surface area contributed by atoms with E-state index in [1.807, 2.05) is 83.1 Å². The number of anilines is 1. The normalized spacial score (nSPS) is 10.7. The molecule has 2 aromatic carbocycles. The van der Waals surface area contributed by atoms with Crippen molar-refractivity contribution in [2.24, 2.45) is 0 Å². The summed E-state index contributed by atoms with van der Waals surface area (Å²) < 4.78 is 5.97. The summed E-state index contributed by atoms with van der Waals surface area (Å²) in [7, 11) is 0. The third-order valence-corrected chi connectivity index (χ3v) is 4.94. The summed E-state index contributed by atoms with van der Waals surface area (Å²) in [5.74, 6) is 0.354. The average Bonchev–Trinajstić information content (AvgIpc) is 2.69. The molecule has 0 saturated carbocycles. The van der Waals surface area contributed by atoms with Crippen LogP contribution in [0.5, 0.6) is 5.75 Å². The van der Waals surface area contributed by atoms with Gasteiger partial charge in [-0.05, 0) is 57.4 Å². The van der Waals surface area contributed by atoms with Gasteiger partial charge >= 0.3 is 0 Å². The number of carbonyl (C=O) groups is 1. The van der Waals surface area contributed by atoms with Gasteiger partial charge in [-0.2, -0.15) is 0 Å². The highest BCUT2D eigenvalue weighted by molar-refractivity contribution is 6.10. The van der Waals surface area contributed by atoms with Crippen molar-refractivity contribution in [2.45, 2.75) is 41.0 Å². The maximum absolute atomic E-state index is 13.4. The van der Waals surface area contributed by atoms with Crippen molar-refractivity contribution in [1.82, 2.24) is 4.98 Å². The molecule has 0 saturated heterocycles. The van der Waals surface area contributed by atoms with Gasteiger partial charge in [0.1, 0.15) is 11.3 Å². The zero-order chi connectivity index (χ0) is 21.0. The fourth-order valence-corrected chi connectivity index (χ4v) is 3.26. The van der Waals surface area contributed by atoms with Crippen molar-refractivity contribution >= 4 is 11.6 Å². The van der Waals surface area contributed by atoms with Gasteiger partial charge in [0.25, 0.3) is 5.91 Å². The average molecular weight is 389 g/mol. The van der Waals surface area contributed by atoms with Crippen molar-refractivity contribution in [1.29, 1.82) is 0 Å². The van der Waals surface area contributed by atoms with Gasteiger partial charge in [-0.15, -0.1) is 0 Å². The van der Waals surface area contributed by atoms with E-state index in [9.17, 15) is 4.79 Å². The zero-order valence-electron chi connectivity index (χ0n) is 17.8. The van der Waals surface area contributed by atoms with Crippen LogP contribution in [0.15, 0.2) is 48.5 Å². The predicted octanol–water partition coefficient (Wildman–Crippen LogP) is 6.02. The highest BCUT2D eigenvalue weighted by Crippen LogP contribution is 2.32. The molecule has 0 unspecified atom stereocenters. The molecule has 0 atom stereocenters. The Balaban J connectivity index is 2.13. The lowest BCUT2D eigenvalue weighted by atomic mass is 10.0. The van der Waals surface area contributed by atoms with Gasteiger partial charge in [-0.25, -0.2) is 0 Å². The van der Waals surface area contributed by atoms with Gasteiger partial charge in [0.15, 0.2) is 0 Å². The molecular weight excluding hydrogens is 360 g/mol. The molecule has 0 radical (unpaired) electrons. The standard InChI is InChI=1S/C25H28N2O2/c1-6-13-29-22-15-18(4)26-24(20-11-7-9-16(2)14-20)23(22)25(28)27-21-12-8-10-17(3)19(21)5/h7-12,14-15H,6,13H2,1-5H3,(H,27,28). The van der Waals surface area contributed by atoms with Gasteiger partial charge in [0.2, 0.25) is 0 Å². The molecule has 4 heteroatoms. The first kappa shape index (κ1) is 20.6. The number of nitrogens with zero attached hydrogens (tertiary/aromatic N) is 1. The molecule has 4 nitrogen and oxygen atoms in total. The van der Waals surface area contributed by atoms with Crippen LogP contribution in [-0.2, 0) is 0 Å². The summed E-state index contributed by atoms with van der Waals surface area (Å²) in [6, 6.07) is 15.8. The van der Waals surface area contributed by atoms with Gasteiger partial charge in [-0.3, -0.25) is 9.78 Å². The van der Waals surface area contributed by atoms with Crippen LogP contribution in [0, 0.1) is 27.7 Å². The molecule has 0 bridgehead atoms. The Kier molecular flexibility index (Phi) is 6.32. The number of aromatic nitrogens is 1. The monoisotopic (exact) mass is 388 g/mol. The number of ether oxygens (including phenoxy) is 1. The molecule has 1 N–H and O–H groups in total. The molecule has 3 rings (SSSR count).